The molecule has 134 valence electrons. The molecule has 0 saturated carbocycles. The maximum Gasteiger partial charge on any atom is 0.241 e. The number of thiazole rings is 1. The summed E-state index contributed by atoms with van der Waals surface area (Å²) in [6.07, 6.45) is 2.50. The van der Waals surface area contributed by atoms with Gasteiger partial charge in [-0.1, -0.05) is 6.07 Å². The molecule has 1 aliphatic heterocycles. The van der Waals surface area contributed by atoms with Gasteiger partial charge in [0.1, 0.15) is 5.82 Å². The Bertz CT molecular complexity index is 842. The van der Waals surface area contributed by atoms with Crippen LogP contribution in [0.3, 0.4) is 0 Å². The van der Waals surface area contributed by atoms with Gasteiger partial charge in [0.25, 0.3) is 0 Å². The van der Waals surface area contributed by atoms with E-state index in [0.29, 0.717) is 6.54 Å². The second-order valence-electron chi connectivity index (χ2n) is 5.60. The topological polar surface area (TPSA) is 91.4 Å². The van der Waals surface area contributed by atoms with Crippen molar-refractivity contribution in [3.8, 4) is 0 Å². The molecule has 0 bridgehead atoms. The van der Waals surface area contributed by atoms with E-state index in [9.17, 15) is 17.6 Å². The van der Waals surface area contributed by atoms with E-state index in [-0.39, 0.29) is 10.9 Å². The van der Waals surface area contributed by atoms with Gasteiger partial charge in [0, 0.05) is 30.7 Å². The Balaban J connectivity index is 1.50. The lowest BCUT2D eigenvalue weighted by molar-refractivity contribution is -0.120. The highest BCUT2D eigenvalue weighted by atomic mass is 32.2. The largest absolute Gasteiger partial charge is 0.350 e. The van der Waals surface area contributed by atoms with Crippen LogP contribution in [-0.2, 0) is 14.8 Å². The lowest BCUT2D eigenvalue weighted by atomic mass is 10.2. The van der Waals surface area contributed by atoms with Gasteiger partial charge in [-0.3, -0.25) is 4.79 Å². The Hall–Kier alpha value is -2.04. The number of amides is 1. The fraction of sp³-hybridized carbons (Fsp3) is 0.333. The average Bonchev–Trinajstić information content (AvgIpc) is 3.24. The number of benzene rings is 1. The summed E-state index contributed by atoms with van der Waals surface area (Å²) in [4.78, 5) is 18.1. The molecule has 1 atom stereocenters. The first-order valence-corrected chi connectivity index (χ1v) is 9.99. The summed E-state index contributed by atoms with van der Waals surface area (Å²) in [7, 11) is -3.93. The average molecular weight is 384 g/mol. The van der Waals surface area contributed by atoms with E-state index in [4.69, 9.17) is 0 Å². The van der Waals surface area contributed by atoms with E-state index >= 15 is 0 Å². The first-order valence-electron chi connectivity index (χ1n) is 7.63. The third-order valence-corrected chi connectivity index (χ3v) is 6.00. The number of anilines is 1. The van der Waals surface area contributed by atoms with E-state index in [2.05, 4.69) is 19.9 Å². The van der Waals surface area contributed by atoms with Gasteiger partial charge in [0.2, 0.25) is 15.9 Å². The van der Waals surface area contributed by atoms with Crippen molar-refractivity contribution in [2.45, 2.75) is 17.4 Å². The van der Waals surface area contributed by atoms with E-state index in [1.165, 1.54) is 23.5 Å². The van der Waals surface area contributed by atoms with E-state index in [0.717, 1.165) is 30.2 Å². The maximum absolute atomic E-state index is 13.1. The van der Waals surface area contributed by atoms with Gasteiger partial charge < -0.3 is 10.2 Å². The van der Waals surface area contributed by atoms with Crippen LogP contribution in [0.4, 0.5) is 9.52 Å². The standard InChI is InChI=1S/C15H17FN4O3S2/c16-11-2-1-3-13(8-11)25(22,23)18-9-14(21)19-12-4-6-20(10-12)15-17-5-7-24-15/h1-3,5,7-8,12,18H,4,6,9-10H2,(H,19,21). The van der Waals surface area contributed by atoms with Crippen LogP contribution in [0.1, 0.15) is 6.42 Å². The van der Waals surface area contributed by atoms with E-state index < -0.39 is 28.3 Å². The van der Waals surface area contributed by atoms with Crippen LogP contribution in [-0.4, -0.2) is 45.0 Å². The Kier molecular flexibility index (Phi) is 5.30. The number of hydrogen-bond donors (Lipinski definition) is 2. The van der Waals surface area contributed by atoms with Gasteiger partial charge in [-0.15, -0.1) is 11.3 Å². The molecule has 3 rings (SSSR count). The molecule has 1 fully saturated rings. The minimum Gasteiger partial charge on any atom is -0.350 e. The monoisotopic (exact) mass is 384 g/mol. The van der Waals surface area contributed by atoms with Gasteiger partial charge in [0.05, 0.1) is 11.4 Å². The van der Waals surface area contributed by atoms with Gasteiger partial charge >= 0.3 is 0 Å². The predicted molar refractivity (Wildman–Crippen MR) is 92.5 cm³/mol. The van der Waals surface area contributed by atoms with Crippen molar-refractivity contribution in [1.29, 1.82) is 0 Å². The Morgan fingerprint density at radius 1 is 1.44 bits per heavy atom. The van der Waals surface area contributed by atoms with Gasteiger partial charge in [-0.05, 0) is 24.6 Å². The number of hydrogen-bond acceptors (Lipinski definition) is 6. The van der Waals surface area contributed by atoms with Crippen molar-refractivity contribution in [2.24, 2.45) is 0 Å². The van der Waals surface area contributed by atoms with E-state index in [1.807, 2.05) is 5.38 Å². The smallest absolute Gasteiger partial charge is 0.241 e. The third-order valence-electron chi connectivity index (χ3n) is 3.77. The van der Waals surface area contributed by atoms with Crippen molar-refractivity contribution in [2.75, 3.05) is 24.5 Å². The normalized spacial score (nSPS) is 17.6. The highest BCUT2D eigenvalue weighted by Gasteiger charge is 2.25. The summed E-state index contributed by atoms with van der Waals surface area (Å²) in [6, 6.07) is 4.57. The van der Waals surface area contributed by atoms with Crippen LogP contribution in [0.5, 0.6) is 0 Å². The van der Waals surface area contributed by atoms with Crippen LogP contribution in [0.2, 0.25) is 0 Å². The molecule has 0 radical (unpaired) electrons. The van der Waals surface area contributed by atoms with Gasteiger partial charge in [0.15, 0.2) is 5.13 Å². The Morgan fingerprint density at radius 2 is 2.28 bits per heavy atom. The van der Waals surface area contributed by atoms with Crippen LogP contribution < -0.4 is 14.9 Å². The van der Waals surface area contributed by atoms with Crippen LogP contribution >= 0.6 is 11.3 Å². The number of halogens is 1. The lowest BCUT2D eigenvalue weighted by Gasteiger charge is -2.16. The third kappa shape index (κ3) is 4.53. The van der Waals surface area contributed by atoms with Crippen molar-refractivity contribution >= 4 is 32.4 Å². The van der Waals surface area contributed by atoms with Gasteiger partial charge in [-0.2, -0.15) is 0 Å². The van der Waals surface area contributed by atoms with Crippen molar-refractivity contribution < 1.29 is 17.6 Å². The van der Waals surface area contributed by atoms with Crippen molar-refractivity contribution in [3.63, 3.8) is 0 Å². The number of rotatable bonds is 6. The fourth-order valence-corrected chi connectivity index (χ4v) is 4.27. The maximum atomic E-state index is 13.1. The van der Waals surface area contributed by atoms with Crippen molar-refractivity contribution in [1.82, 2.24) is 15.0 Å². The molecule has 1 saturated heterocycles. The van der Waals surface area contributed by atoms with Crippen LogP contribution in [0.25, 0.3) is 0 Å². The minimum absolute atomic E-state index is 0.0601. The number of sulfonamides is 1. The number of carbonyl (C=O) groups excluding carboxylic acids is 1. The molecule has 1 aromatic heterocycles. The molecular weight excluding hydrogens is 367 g/mol. The molecular formula is C15H17FN4O3S2. The van der Waals surface area contributed by atoms with Crippen LogP contribution in [0, 0.1) is 5.82 Å². The zero-order valence-electron chi connectivity index (χ0n) is 13.2. The summed E-state index contributed by atoms with van der Waals surface area (Å²) in [5, 5.41) is 5.60. The quantitative estimate of drug-likeness (QED) is 0.774. The zero-order chi connectivity index (χ0) is 17.9. The molecule has 1 unspecified atom stereocenters. The Morgan fingerprint density at radius 3 is 3.00 bits per heavy atom. The molecule has 2 heterocycles. The SMILES string of the molecule is O=C(CNS(=O)(=O)c1cccc(F)c1)NC1CCN(c2nccs2)C1. The minimum atomic E-state index is -3.93. The van der Waals surface area contributed by atoms with E-state index in [1.54, 1.807) is 6.20 Å². The second-order valence-corrected chi connectivity index (χ2v) is 8.24. The molecule has 1 aliphatic rings. The summed E-state index contributed by atoms with van der Waals surface area (Å²) < 4.78 is 39.4. The Labute approximate surface area is 148 Å². The fourth-order valence-electron chi connectivity index (χ4n) is 2.58. The van der Waals surface area contributed by atoms with Crippen molar-refractivity contribution in [3.05, 3.63) is 41.7 Å². The first kappa shape index (κ1) is 17.8. The molecule has 1 aromatic carbocycles. The summed E-state index contributed by atoms with van der Waals surface area (Å²) in [6.45, 7) is 1.02. The number of aromatic nitrogens is 1. The predicted octanol–water partition coefficient (Wildman–Crippen LogP) is 0.956. The summed E-state index contributed by atoms with van der Waals surface area (Å²) >= 11 is 1.53. The molecule has 1 amide bonds. The highest BCUT2D eigenvalue weighted by Crippen LogP contribution is 2.22. The number of nitrogens with one attached hydrogen (secondary N) is 2. The molecule has 2 aromatic rings. The molecule has 10 heteroatoms. The van der Waals surface area contributed by atoms with Gasteiger partial charge in [-0.25, -0.2) is 22.5 Å². The molecule has 25 heavy (non-hydrogen) atoms. The van der Waals surface area contributed by atoms with Crippen LogP contribution in [0.15, 0.2) is 40.7 Å². The second kappa shape index (κ2) is 7.46. The number of carbonyl (C=O) groups is 1. The number of nitrogens with zero attached hydrogens (tertiary/aromatic N) is 2. The summed E-state index contributed by atoms with van der Waals surface area (Å²) in [5.41, 5.74) is 0. The lowest BCUT2D eigenvalue weighted by Crippen LogP contribution is -2.43. The molecule has 0 spiro atoms. The molecule has 0 aliphatic carbocycles. The first-order chi connectivity index (χ1) is 11.9. The zero-order valence-corrected chi connectivity index (χ0v) is 14.8. The highest BCUT2D eigenvalue weighted by molar-refractivity contribution is 7.89. The molecule has 7 nitrogen and oxygen atoms in total. The summed E-state index contributed by atoms with van der Waals surface area (Å²) in [5.74, 6) is -1.08. The molecule has 2 N–H and O–H groups in total.